The van der Waals surface area contributed by atoms with E-state index in [1.807, 2.05) is 0 Å². The van der Waals surface area contributed by atoms with Crippen LogP contribution in [0.1, 0.15) is 6.92 Å². The maximum absolute atomic E-state index is 10.4. The Balaban J connectivity index is 2.69. The van der Waals surface area contributed by atoms with E-state index in [0.717, 1.165) is 0 Å². The molecule has 0 radical (unpaired) electrons. The van der Waals surface area contributed by atoms with Crippen LogP contribution in [0.2, 0.25) is 5.15 Å². The van der Waals surface area contributed by atoms with Gasteiger partial charge in [0.1, 0.15) is 11.5 Å². The molecule has 0 saturated carbocycles. The van der Waals surface area contributed by atoms with Gasteiger partial charge in [-0.2, -0.15) is 0 Å². The summed E-state index contributed by atoms with van der Waals surface area (Å²) in [6.07, 6.45) is 0.248. The zero-order valence-corrected chi connectivity index (χ0v) is 7.52. The minimum Gasteiger partial charge on any atom is -0.479 e. The fraction of sp³-hybridized carbons (Fsp3) is 0.286. The number of rotatable bonds is 3. The van der Waals surface area contributed by atoms with Gasteiger partial charge in [0.2, 0.25) is 5.88 Å². The Morgan fingerprint density at radius 3 is 2.92 bits per heavy atom. The van der Waals surface area contributed by atoms with Gasteiger partial charge in [-0.15, -0.1) is 0 Å². The highest BCUT2D eigenvalue weighted by Crippen LogP contribution is 2.12. The van der Waals surface area contributed by atoms with Gasteiger partial charge in [-0.25, -0.2) is 14.8 Å². The van der Waals surface area contributed by atoms with Gasteiger partial charge in [-0.05, 0) is 6.92 Å². The highest BCUT2D eigenvalue weighted by atomic mass is 35.5. The largest absolute Gasteiger partial charge is 0.479 e. The third-order valence-electron chi connectivity index (χ3n) is 1.25. The number of hydrogen-bond donors (Lipinski definition) is 1. The SMILES string of the molecule is CC(Oc1cc(Cl)ncn1)C(=O)O. The number of carboxylic acids is 1. The summed E-state index contributed by atoms with van der Waals surface area (Å²) >= 11 is 5.53. The van der Waals surface area contributed by atoms with E-state index in [1.54, 1.807) is 0 Å². The van der Waals surface area contributed by atoms with E-state index in [9.17, 15) is 4.79 Å². The number of aromatic nitrogens is 2. The molecule has 70 valence electrons. The maximum atomic E-state index is 10.4. The summed E-state index contributed by atoms with van der Waals surface area (Å²) in [6, 6.07) is 1.35. The predicted molar refractivity (Wildman–Crippen MR) is 44.8 cm³/mol. The number of halogens is 1. The Kier molecular flexibility index (Phi) is 3.02. The molecular formula is C7H7ClN2O3. The minimum absolute atomic E-state index is 0.148. The standard InChI is InChI=1S/C7H7ClN2O3/c1-4(7(11)12)13-6-2-5(8)9-3-10-6/h2-4H,1H3,(H,11,12). The number of nitrogens with zero attached hydrogens (tertiary/aromatic N) is 2. The second-order valence-electron chi connectivity index (χ2n) is 2.28. The van der Waals surface area contributed by atoms with Crippen molar-refractivity contribution in [2.24, 2.45) is 0 Å². The van der Waals surface area contributed by atoms with Crippen LogP contribution in [0.15, 0.2) is 12.4 Å². The predicted octanol–water partition coefficient (Wildman–Crippen LogP) is 0.982. The van der Waals surface area contributed by atoms with E-state index in [1.165, 1.54) is 19.3 Å². The molecule has 1 heterocycles. The quantitative estimate of drug-likeness (QED) is 0.740. The van der Waals surface area contributed by atoms with Crippen molar-refractivity contribution in [3.63, 3.8) is 0 Å². The lowest BCUT2D eigenvalue weighted by Crippen LogP contribution is -2.23. The van der Waals surface area contributed by atoms with Gasteiger partial charge < -0.3 is 9.84 Å². The van der Waals surface area contributed by atoms with Crippen LogP contribution in [0.3, 0.4) is 0 Å². The Morgan fingerprint density at radius 2 is 2.38 bits per heavy atom. The molecule has 0 bridgehead atoms. The fourth-order valence-corrected chi connectivity index (χ4v) is 0.750. The fourth-order valence-electron chi connectivity index (χ4n) is 0.613. The molecule has 1 N–H and O–H groups in total. The van der Waals surface area contributed by atoms with E-state index < -0.39 is 12.1 Å². The van der Waals surface area contributed by atoms with Gasteiger partial charge in [0.15, 0.2) is 6.10 Å². The lowest BCUT2D eigenvalue weighted by Gasteiger charge is -2.08. The highest BCUT2D eigenvalue weighted by Gasteiger charge is 2.12. The van der Waals surface area contributed by atoms with Crippen LogP contribution in [0.5, 0.6) is 5.88 Å². The van der Waals surface area contributed by atoms with E-state index in [0.29, 0.717) is 0 Å². The third-order valence-corrected chi connectivity index (χ3v) is 1.46. The zero-order chi connectivity index (χ0) is 9.84. The highest BCUT2D eigenvalue weighted by molar-refractivity contribution is 6.29. The van der Waals surface area contributed by atoms with Crippen LogP contribution in [0.25, 0.3) is 0 Å². The summed E-state index contributed by atoms with van der Waals surface area (Å²) in [7, 11) is 0. The first-order valence-electron chi connectivity index (χ1n) is 3.46. The smallest absolute Gasteiger partial charge is 0.344 e. The van der Waals surface area contributed by atoms with Crippen LogP contribution in [-0.4, -0.2) is 27.1 Å². The molecule has 0 aliphatic heterocycles. The number of carbonyl (C=O) groups is 1. The normalized spacial score (nSPS) is 12.2. The monoisotopic (exact) mass is 202 g/mol. The van der Waals surface area contributed by atoms with E-state index in [2.05, 4.69) is 9.97 Å². The van der Waals surface area contributed by atoms with Crippen molar-refractivity contribution < 1.29 is 14.6 Å². The van der Waals surface area contributed by atoms with Crippen molar-refractivity contribution in [3.05, 3.63) is 17.5 Å². The molecule has 6 heteroatoms. The number of ether oxygens (including phenoxy) is 1. The maximum Gasteiger partial charge on any atom is 0.344 e. The van der Waals surface area contributed by atoms with Gasteiger partial charge in [0, 0.05) is 6.07 Å². The average Bonchev–Trinajstić information content (AvgIpc) is 2.04. The third kappa shape index (κ3) is 2.87. The summed E-state index contributed by atoms with van der Waals surface area (Å²) in [5.74, 6) is -0.912. The van der Waals surface area contributed by atoms with E-state index in [4.69, 9.17) is 21.4 Å². The van der Waals surface area contributed by atoms with E-state index >= 15 is 0 Å². The summed E-state index contributed by atoms with van der Waals surface area (Å²) < 4.78 is 4.92. The molecule has 0 aliphatic rings. The zero-order valence-electron chi connectivity index (χ0n) is 6.77. The Bertz CT molecular complexity index is 318. The Labute approximate surface area is 79.3 Å². The molecule has 0 amide bonds. The van der Waals surface area contributed by atoms with Crippen LogP contribution in [0.4, 0.5) is 0 Å². The van der Waals surface area contributed by atoms with Crippen LogP contribution in [-0.2, 0) is 4.79 Å². The molecule has 5 nitrogen and oxygen atoms in total. The van der Waals surface area contributed by atoms with Crippen molar-refractivity contribution in [1.29, 1.82) is 0 Å². The molecule has 0 spiro atoms. The molecule has 1 atom stereocenters. The molecule has 13 heavy (non-hydrogen) atoms. The lowest BCUT2D eigenvalue weighted by atomic mass is 10.4. The van der Waals surface area contributed by atoms with Crippen LogP contribution in [0, 0.1) is 0 Å². The average molecular weight is 203 g/mol. The molecule has 1 rings (SSSR count). The van der Waals surface area contributed by atoms with Crippen molar-refractivity contribution in [2.75, 3.05) is 0 Å². The topological polar surface area (TPSA) is 72.3 Å². The molecule has 1 unspecified atom stereocenters. The van der Waals surface area contributed by atoms with Crippen molar-refractivity contribution >= 4 is 17.6 Å². The summed E-state index contributed by atoms with van der Waals surface area (Å²) in [5, 5.41) is 8.72. The second kappa shape index (κ2) is 4.04. The first-order valence-corrected chi connectivity index (χ1v) is 3.84. The molecular weight excluding hydrogens is 196 g/mol. The molecule has 1 aromatic rings. The number of aliphatic carboxylic acids is 1. The Morgan fingerprint density at radius 1 is 1.69 bits per heavy atom. The van der Waals surface area contributed by atoms with Crippen LogP contribution >= 0.6 is 11.6 Å². The van der Waals surface area contributed by atoms with Gasteiger partial charge >= 0.3 is 5.97 Å². The second-order valence-corrected chi connectivity index (χ2v) is 2.66. The minimum atomic E-state index is -1.06. The van der Waals surface area contributed by atoms with Crippen LogP contribution < -0.4 is 4.74 Å². The van der Waals surface area contributed by atoms with Gasteiger partial charge in [-0.1, -0.05) is 11.6 Å². The van der Waals surface area contributed by atoms with E-state index in [-0.39, 0.29) is 11.0 Å². The van der Waals surface area contributed by atoms with Gasteiger partial charge in [0.05, 0.1) is 0 Å². The first-order chi connectivity index (χ1) is 6.09. The Hall–Kier alpha value is -1.36. The summed E-state index contributed by atoms with van der Waals surface area (Å²) in [5.41, 5.74) is 0. The molecule has 0 aliphatic carbocycles. The van der Waals surface area contributed by atoms with Crippen molar-refractivity contribution in [3.8, 4) is 5.88 Å². The molecule has 1 aromatic heterocycles. The van der Waals surface area contributed by atoms with Gasteiger partial charge in [-0.3, -0.25) is 0 Å². The number of hydrogen-bond acceptors (Lipinski definition) is 4. The first kappa shape index (κ1) is 9.73. The molecule has 0 saturated heterocycles. The summed E-state index contributed by atoms with van der Waals surface area (Å²) in [6.45, 7) is 1.40. The number of carboxylic acid groups (broad SMARTS) is 1. The van der Waals surface area contributed by atoms with Gasteiger partial charge in [0.25, 0.3) is 0 Å². The molecule has 0 aromatic carbocycles. The lowest BCUT2D eigenvalue weighted by molar-refractivity contribution is -0.144. The molecule has 0 fully saturated rings. The van der Waals surface area contributed by atoms with Crippen molar-refractivity contribution in [2.45, 2.75) is 13.0 Å². The van der Waals surface area contributed by atoms with Crippen molar-refractivity contribution in [1.82, 2.24) is 9.97 Å². The summed E-state index contributed by atoms with van der Waals surface area (Å²) in [4.78, 5) is 17.7.